The number of carbonyl (C=O) groups excluding carboxylic acids is 1. The van der Waals surface area contributed by atoms with E-state index < -0.39 is 6.36 Å². The lowest BCUT2D eigenvalue weighted by Gasteiger charge is -2.13. The van der Waals surface area contributed by atoms with Crippen molar-refractivity contribution in [1.82, 2.24) is 10.6 Å². The van der Waals surface area contributed by atoms with E-state index in [0.29, 0.717) is 13.2 Å². The van der Waals surface area contributed by atoms with E-state index in [1.807, 2.05) is 0 Å². The first-order valence-corrected chi connectivity index (χ1v) is 6.22. The second kappa shape index (κ2) is 8.48. The van der Waals surface area contributed by atoms with E-state index in [1.54, 1.807) is 13.2 Å². The van der Waals surface area contributed by atoms with Gasteiger partial charge in [-0.15, -0.1) is 13.2 Å². The normalized spacial score (nSPS) is 11.2. The first-order chi connectivity index (χ1) is 9.92. The van der Waals surface area contributed by atoms with Crippen LogP contribution in [0.3, 0.4) is 0 Å². The summed E-state index contributed by atoms with van der Waals surface area (Å²) in [5, 5.41) is 5.34. The molecule has 0 saturated heterocycles. The van der Waals surface area contributed by atoms with Crippen molar-refractivity contribution < 1.29 is 27.4 Å². The smallest absolute Gasteiger partial charge is 0.405 e. The van der Waals surface area contributed by atoms with Gasteiger partial charge in [0.05, 0.1) is 13.2 Å². The van der Waals surface area contributed by atoms with Crippen molar-refractivity contribution in [3.05, 3.63) is 29.8 Å². The van der Waals surface area contributed by atoms with Crippen molar-refractivity contribution in [2.24, 2.45) is 0 Å². The van der Waals surface area contributed by atoms with Crippen molar-refractivity contribution in [3.8, 4) is 5.75 Å². The number of methoxy groups -OCH3 is 1. The number of hydrogen-bond acceptors (Lipinski definition) is 4. The molecular weight excluding hydrogens is 289 g/mol. The van der Waals surface area contributed by atoms with Gasteiger partial charge in [-0.1, -0.05) is 18.2 Å². The van der Waals surface area contributed by atoms with Gasteiger partial charge in [-0.05, 0) is 6.07 Å². The molecule has 0 aliphatic rings. The molecule has 0 atom stereocenters. The fraction of sp³-hybridized carbons (Fsp3) is 0.462. The van der Waals surface area contributed by atoms with Crippen LogP contribution in [0.25, 0.3) is 0 Å². The summed E-state index contributed by atoms with van der Waals surface area (Å²) >= 11 is 0. The molecule has 0 aliphatic heterocycles. The zero-order chi connectivity index (χ0) is 15.7. The minimum Gasteiger partial charge on any atom is -0.405 e. The number of rotatable bonds is 8. The number of carbonyl (C=O) groups is 1. The second-order valence-electron chi connectivity index (χ2n) is 4.10. The van der Waals surface area contributed by atoms with Crippen LogP contribution in [0.5, 0.6) is 5.75 Å². The summed E-state index contributed by atoms with van der Waals surface area (Å²) in [6.45, 7) is 0.996. The largest absolute Gasteiger partial charge is 0.573 e. The Morgan fingerprint density at radius 3 is 2.67 bits per heavy atom. The monoisotopic (exact) mass is 306 g/mol. The minimum atomic E-state index is -4.76. The molecule has 0 aromatic heterocycles. The highest BCUT2D eigenvalue weighted by atomic mass is 19.4. The molecule has 118 valence electrons. The first kappa shape index (κ1) is 17.3. The molecule has 1 rings (SSSR count). The molecule has 0 spiro atoms. The van der Waals surface area contributed by atoms with Gasteiger partial charge in [-0.2, -0.15) is 0 Å². The molecule has 8 heteroatoms. The Labute approximate surface area is 120 Å². The summed E-state index contributed by atoms with van der Waals surface area (Å²) in [5.41, 5.74) is 0.250. The van der Waals surface area contributed by atoms with E-state index in [1.165, 1.54) is 18.2 Å². The van der Waals surface area contributed by atoms with Gasteiger partial charge in [0, 0.05) is 25.8 Å². The van der Waals surface area contributed by atoms with Gasteiger partial charge in [0.15, 0.2) is 0 Å². The summed E-state index contributed by atoms with van der Waals surface area (Å²) in [4.78, 5) is 11.5. The van der Waals surface area contributed by atoms with Crippen LogP contribution in [0.2, 0.25) is 0 Å². The standard InChI is InChI=1S/C13H17F3N2O3/c1-20-7-6-17-9-12(19)18-8-10-4-2-3-5-11(10)21-13(14,15)16/h2-5,17H,6-9H2,1H3,(H,18,19). The molecule has 5 nitrogen and oxygen atoms in total. The fourth-order valence-corrected chi connectivity index (χ4v) is 1.51. The van der Waals surface area contributed by atoms with Gasteiger partial charge in [0.25, 0.3) is 0 Å². The van der Waals surface area contributed by atoms with Crippen LogP contribution in [0, 0.1) is 0 Å². The molecule has 1 aromatic rings. The molecule has 0 bridgehead atoms. The molecule has 0 fully saturated rings. The van der Waals surface area contributed by atoms with Crippen LogP contribution in [0.4, 0.5) is 13.2 Å². The summed E-state index contributed by atoms with van der Waals surface area (Å²) in [6, 6.07) is 5.66. The maximum absolute atomic E-state index is 12.2. The molecule has 0 saturated carbocycles. The molecular formula is C13H17F3N2O3. The van der Waals surface area contributed by atoms with Crippen LogP contribution in [0.15, 0.2) is 24.3 Å². The van der Waals surface area contributed by atoms with Gasteiger partial charge >= 0.3 is 6.36 Å². The molecule has 0 unspecified atom stereocenters. The van der Waals surface area contributed by atoms with Crippen LogP contribution >= 0.6 is 0 Å². The maximum Gasteiger partial charge on any atom is 0.573 e. The number of ether oxygens (including phenoxy) is 2. The van der Waals surface area contributed by atoms with Gasteiger partial charge < -0.3 is 20.1 Å². The Hall–Kier alpha value is -1.80. The Kier molecular flexibility index (Phi) is 6.97. The molecule has 0 aliphatic carbocycles. The van der Waals surface area contributed by atoms with Gasteiger partial charge in [-0.3, -0.25) is 4.79 Å². The number of hydrogen-bond donors (Lipinski definition) is 2. The lowest BCUT2D eigenvalue weighted by Crippen LogP contribution is -2.35. The Balaban J connectivity index is 2.46. The van der Waals surface area contributed by atoms with Crippen molar-refractivity contribution in [1.29, 1.82) is 0 Å². The van der Waals surface area contributed by atoms with Crippen LogP contribution in [-0.4, -0.2) is 39.1 Å². The summed E-state index contributed by atoms with van der Waals surface area (Å²) < 4.78 is 45.4. The van der Waals surface area contributed by atoms with Crippen LogP contribution < -0.4 is 15.4 Å². The number of nitrogens with one attached hydrogen (secondary N) is 2. The van der Waals surface area contributed by atoms with E-state index in [2.05, 4.69) is 15.4 Å². The number of para-hydroxylation sites is 1. The fourth-order valence-electron chi connectivity index (χ4n) is 1.51. The molecule has 2 N–H and O–H groups in total. The average molecular weight is 306 g/mol. The quantitative estimate of drug-likeness (QED) is 0.714. The van der Waals surface area contributed by atoms with E-state index in [4.69, 9.17) is 4.74 Å². The predicted octanol–water partition coefficient (Wildman–Crippen LogP) is 1.44. The van der Waals surface area contributed by atoms with Crippen LogP contribution in [-0.2, 0) is 16.1 Å². The third kappa shape index (κ3) is 7.52. The van der Waals surface area contributed by atoms with Crippen molar-refractivity contribution >= 4 is 5.91 Å². The van der Waals surface area contributed by atoms with E-state index in [9.17, 15) is 18.0 Å². The lowest BCUT2D eigenvalue weighted by molar-refractivity contribution is -0.274. The van der Waals surface area contributed by atoms with E-state index >= 15 is 0 Å². The lowest BCUT2D eigenvalue weighted by atomic mass is 10.2. The molecule has 1 amide bonds. The SMILES string of the molecule is COCCNCC(=O)NCc1ccccc1OC(F)(F)F. The minimum absolute atomic E-state index is 0.0446. The van der Waals surface area contributed by atoms with E-state index in [0.717, 1.165) is 0 Å². The zero-order valence-corrected chi connectivity index (χ0v) is 11.5. The Morgan fingerprint density at radius 2 is 2.00 bits per heavy atom. The number of halogens is 3. The third-order valence-corrected chi connectivity index (χ3v) is 2.44. The zero-order valence-electron chi connectivity index (χ0n) is 11.5. The Morgan fingerprint density at radius 1 is 1.29 bits per heavy atom. The van der Waals surface area contributed by atoms with Crippen molar-refractivity contribution in [2.45, 2.75) is 12.9 Å². The number of benzene rings is 1. The topological polar surface area (TPSA) is 59.6 Å². The predicted molar refractivity (Wildman–Crippen MR) is 69.7 cm³/mol. The third-order valence-electron chi connectivity index (χ3n) is 2.44. The van der Waals surface area contributed by atoms with Gasteiger partial charge in [-0.25, -0.2) is 0 Å². The summed E-state index contributed by atoms with van der Waals surface area (Å²) in [7, 11) is 1.54. The molecule has 0 heterocycles. The molecule has 0 radical (unpaired) electrons. The van der Waals surface area contributed by atoms with Crippen molar-refractivity contribution in [2.75, 3.05) is 26.8 Å². The Bertz CT molecular complexity index is 453. The van der Waals surface area contributed by atoms with E-state index in [-0.39, 0.29) is 30.3 Å². The highest BCUT2D eigenvalue weighted by Crippen LogP contribution is 2.25. The summed E-state index contributed by atoms with van der Waals surface area (Å²) in [6.07, 6.45) is -4.76. The highest BCUT2D eigenvalue weighted by Gasteiger charge is 2.31. The van der Waals surface area contributed by atoms with Crippen LogP contribution in [0.1, 0.15) is 5.56 Å². The summed E-state index contributed by atoms with van der Waals surface area (Å²) in [5.74, 6) is -0.648. The second-order valence-corrected chi connectivity index (χ2v) is 4.10. The van der Waals surface area contributed by atoms with Gasteiger partial charge in [0.2, 0.25) is 5.91 Å². The number of alkyl halides is 3. The highest BCUT2D eigenvalue weighted by molar-refractivity contribution is 5.78. The maximum atomic E-state index is 12.2. The number of amides is 1. The molecule has 21 heavy (non-hydrogen) atoms. The first-order valence-electron chi connectivity index (χ1n) is 6.22. The molecule has 1 aromatic carbocycles. The average Bonchev–Trinajstić information content (AvgIpc) is 2.41. The van der Waals surface area contributed by atoms with Gasteiger partial charge in [0.1, 0.15) is 5.75 Å². The van der Waals surface area contributed by atoms with Crippen molar-refractivity contribution in [3.63, 3.8) is 0 Å².